The van der Waals surface area contributed by atoms with Crippen molar-refractivity contribution in [1.29, 1.82) is 0 Å². The highest BCUT2D eigenvalue weighted by Crippen LogP contribution is 2.34. The highest BCUT2D eigenvalue weighted by atomic mass is 14.2. The van der Waals surface area contributed by atoms with Crippen molar-refractivity contribution in [1.82, 2.24) is 0 Å². The summed E-state index contributed by atoms with van der Waals surface area (Å²) in [4.78, 5) is 0. The smallest absolute Gasteiger partial charge is 0.0264 e. The summed E-state index contributed by atoms with van der Waals surface area (Å²) in [7, 11) is 0. The van der Waals surface area contributed by atoms with Crippen LogP contribution in [0.2, 0.25) is 0 Å². The number of hydrogen-bond donors (Lipinski definition) is 0. The van der Waals surface area contributed by atoms with Crippen LogP contribution >= 0.6 is 0 Å². The van der Waals surface area contributed by atoms with Crippen molar-refractivity contribution in [2.24, 2.45) is 0 Å². The van der Waals surface area contributed by atoms with Crippen molar-refractivity contribution in [2.45, 2.75) is 13.8 Å². The van der Waals surface area contributed by atoms with E-state index in [9.17, 15) is 0 Å². The summed E-state index contributed by atoms with van der Waals surface area (Å²) in [5.74, 6) is 0. The Bertz CT molecular complexity index is 113. The maximum Gasteiger partial charge on any atom is -0.0264 e. The summed E-state index contributed by atoms with van der Waals surface area (Å²) in [5.41, 5.74) is 4.06. The molecular weight excluding hydrogens is 72.1 g/mol. The van der Waals surface area contributed by atoms with Crippen LogP contribution in [0.15, 0.2) is 23.3 Å². The highest BCUT2D eigenvalue weighted by molar-refractivity contribution is 5.62. The molecule has 0 nitrogen and oxygen atoms in total. The van der Waals surface area contributed by atoms with Crippen molar-refractivity contribution in [3.05, 3.63) is 23.3 Å². The van der Waals surface area contributed by atoms with Gasteiger partial charge in [-0.25, -0.2) is 0 Å². The Morgan fingerprint density at radius 1 is 1.17 bits per heavy atom. The summed E-state index contributed by atoms with van der Waals surface area (Å²) >= 11 is 0. The first-order valence-electron chi connectivity index (χ1n) is 2.10. The van der Waals surface area contributed by atoms with E-state index in [1.165, 1.54) is 16.7 Å². The first-order chi connectivity index (χ1) is 2.73. The lowest BCUT2D eigenvalue weighted by atomic mass is 10.5. The van der Waals surface area contributed by atoms with Gasteiger partial charge in [0.15, 0.2) is 0 Å². The van der Waals surface area contributed by atoms with Crippen molar-refractivity contribution in [2.75, 3.05) is 0 Å². The molecular formula is C6H8. The number of rotatable bonds is 0. The molecule has 0 bridgehead atoms. The van der Waals surface area contributed by atoms with Crippen molar-refractivity contribution >= 4 is 0 Å². The summed E-state index contributed by atoms with van der Waals surface area (Å²) in [5, 5.41) is 0. The minimum atomic E-state index is 1.26. The maximum absolute atomic E-state index is 3.75. The molecule has 0 saturated heterocycles. The normalized spacial score (nSPS) is 19.3. The first kappa shape index (κ1) is 3.66. The zero-order valence-electron chi connectivity index (χ0n) is 4.21. The summed E-state index contributed by atoms with van der Waals surface area (Å²) in [6.07, 6.45) is 0. The predicted octanol–water partition coefficient (Wildman–Crippen LogP) is 1.89. The fourth-order valence-corrected chi connectivity index (χ4v) is 0.471. The molecule has 0 aromatic carbocycles. The summed E-state index contributed by atoms with van der Waals surface area (Å²) in [6, 6.07) is 0. The Labute approximate surface area is 38.2 Å². The van der Waals surface area contributed by atoms with Gasteiger partial charge >= 0.3 is 0 Å². The van der Waals surface area contributed by atoms with Crippen LogP contribution in [0.5, 0.6) is 0 Å². The minimum absolute atomic E-state index is 1.26. The molecule has 0 spiro atoms. The third kappa shape index (κ3) is 0.238. The molecule has 0 N–H and O–H groups in total. The van der Waals surface area contributed by atoms with Gasteiger partial charge in [-0.15, -0.1) is 0 Å². The minimum Gasteiger partial charge on any atom is -0.0912 e. The Balaban J connectivity index is 2.78. The lowest BCUT2D eigenvalue weighted by Crippen LogP contribution is -1.40. The average molecular weight is 80.1 g/mol. The van der Waals surface area contributed by atoms with Gasteiger partial charge in [0.25, 0.3) is 0 Å². The van der Waals surface area contributed by atoms with Crippen LogP contribution in [0.3, 0.4) is 0 Å². The third-order valence-electron chi connectivity index (χ3n) is 1.41. The molecule has 1 aliphatic carbocycles. The molecule has 0 atom stereocenters. The van der Waals surface area contributed by atoms with E-state index in [1.807, 2.05) is 0 Å². The monoisotopic (exact) mass is 80.1 g/mol. The Hall–Kier alpha value is -0.520. The van der Waals surface area contributed by atoms with Crippen LogP contribution < -0.4 is 0 Å². The molecule has 0 heteroatoms. The summed E-state index contributed by atoms with van der Waals surface area (Å²) in [6.45, 7) is 7.94. The van der Waals surface area contributed by atoms with E-state index in [0.717, 1.165) is 0 Å². The van der Waals surface area contributed by atoms with Gasteiger partial charge < -0.3 is 0 Å². The molecule has 0 amide bonds. The first-order valence-corrected chi connectivity index (χ1v) is 2.10. The van der Waals surface area contributed by atoms with E-state index in [1.54, 1.807) is 0 Å². The number of hydrogen-bond acceptors (Lipinski definition) is 0. The maximum atomic E-state index is 3.75. The summed E-state index contributed by atoms with van der Waals surface area (Å²) < 4.78 is 0. The highest BCUT2D eigenvalue weighted by Gasteiger charge is 2.15. The van der Waals surface area contributed by atoms with Crippen molar-refractivity contribution < 1.29 is 0 Å². The van der Waals surface area contributed by atoms with E-state index in [4.69, 9.17) is 0 Å². The quantitative estimate of drug-likeness (QED) is 0.417. The zero-order chi connectivity index (χ0) is 4.73. The van der Waals surface area contributed by atoms with Gasteiger partial charge in [0.1, 0.15) is 0 Å². The van der Waals surface area contributed by atoms with Gasteiger partial charge in [0.2, 0.25) is 0 Å². The fourth-order valence-electron chi connectivity index (χ4n) is 0.471. The van der Waals surface area contributed by atoms with Gasteiger partial charge in [-0.3, -0.25) is 0 Å². The molecule has 0 fully saturated rings. The lowest BCUT2D eigenvalue weighted by Gasteiger charge is -1.59. The molecule has 0 aromatic rings. The standard InChI is InChI=1S/C6H8/c1-4-5(2)6(4)3/h1H2,2-3H3. The molecule has 6 heavy (non-hydrogen) atoms. The van der Waals surface area contributed by atoms with Crippen LogP contribution in [0.4, 0.5) is 0 Å². The predicted molar refractivity (Wildman–Crippen MR) is 27.5 cm³/mol. The van der Waals surface area contributed by atoms with Gasteiger partial charge in [-0.1, -0.05) is 6.58 Å². The SMILES string of the molecule is C=C1C(C)=C1C. The van der Waals surface area contributed by atoms with Crippen molar-refractivity contribution in [3.8, 4) is 0 Å². The van der Waals surface area contributed by atoms with E-state index >= 15 is 0 Å². The molecule has 0 saturated carbocycles. The van der Waals surface area contributed by atoms with Crippen LogP contribution in [0, 0.1) is 0 Å². The van der Waals surface area contributed by atoms with Gasteiger partial charge in [-0.05, 0) is 30.6 Å². The number of allylic oxidation sites excluding steroid dienone is 3. The van der Waals surface area contributed by atoms with Crippen LogP contribution in [-0.2, 0) is 0 Å². The zero-order valence-corrected chi connectivity index (χ0v) is 4.21. The van der Waals surface area contributed by atoms with Crippen LogP contribution in [-0.4, -0.2) is 0 Å². The van der Waals surface area contributed by atoms with Crippen LogP contribution in [0.1, 0.15) is 13.8 Å². The van der Waals surface area contributed by atoms with E-state index in [0.29, 0.717) is 0 Å². The molecule has 0 heterocycles. The Morgan fingerprint density at radius 2 is 1.33 bits per heavy atom. The molecule has 1 aliphatic rings. The second-order valence-corrected chi connectivity index (χ2v) is 1.73. The topological polar surface area (TPSA) is 0 Å². The molecule has 0 aromatic heterocycles. The van der Waals surface area contributed by atoms with E-state index in [-0.39, 0.29) is 0 Å². The second-order valence-electron chi connectivity index (χ2n) is 1.73. The molecule has 0 aliphatic heterocycles. The van der Waals surface area contributed by atoms with E-state index < -0.39 is 0 Å². The molecule has 32 valence electrons. The van der Waals surface area contributed by atoms with Gasteiger partial charge in [0, 0.05) is 0 Å². The lowest BCUT2D eigenvalue weighted by molar-refractivity contribution is 1.64. The molecule has 0 radical (unpaired) electrons. The Kier molecular flexibility index (Phi) is 0.461. The molecule has 0 unspecified atom stereocenters. The van der Waals surface area contributed by atoms with Gasteiger partial charge in [-0.2, -0.15) is 0 Å². The second kappa shape index (κ2) is 0.754. The third-order valence-corrected chi connectivity index (χ3v) is 1.41. The van der Waals surface area contributed by atoms with E-state index in [2.05, 4.69) is 20.4 Å². The molecule has 1 rings (SSSR count). The largest absolute Gasteiger partial charge is 0.0912 e. The fraction of sp³-hybridized carbons (Fsp3) is 0.333. The average Bonchev–Trinajstić information content (AvgIpc) is 1.94. The van der Waals surface area contributed by atoms with Crippen LogP contribution in [0.25, 0.3) is 0 Å². The van der Waals surface area contributed by atoms with Gasteiger partial charge in [0.05, 0.1) is 0 Å². The van der Waals surface area contributed by atoms with Crippen molar-refractivity contribution in [3.63, 3.8) is 0 Å². The Morgan fingerprint density at radius 3 is 1.33 bits per heavy atom.